The standard InChI is InChI=1S/C22H14N6O/c29-21-14-8-2-4-10-16(14)23-22-25-19(15-9-3-6-12-18(15)28(21)22)24-20-13-7-1-5-11-17(13)26-27-20/h1-12H,(H2,23,24,25,26,27). The van der Waals surface area contributed by atoms with Crippen molar-refractivity contribution in [2.24, 2.45) is 0 Å². The van der Waals surface area contributed by atoms with Crippen molar-refractivity contribution in [3.05, 3.63) is 83.2 Å². The van der Waals surface area contributed by atoms with Crippen LogP contribution in [-0.2, 0) is 0 Å². The van der Waals surface area contributed by atoms with Gasteiger partial charge in [-0.15, -0.1) is 0 Å². The average Bonchev–Trinajstić information content (AvgIpc) is 3.17. The van der Waals surface area contributed by atoms with Crippen molar-refractivity contribution in [3.63, 3.8) is 0 Å². The Balaban J connectivity index is 1.68. The molecular formula is C22H14N6O. The van der Waals surface area contributed by atoms with Crippen molar-refractivity contribution < 1.29 is 0 Å². The number of fused-ring (bicyclic) bond motifs is 5. The summed E-state index contributed by atoms with van der Waals surface area (Å²) < 4.78 is 1.56. The fourth-order valence-electron chi connectivity index (χ4n) is 3.71. The third-order valence-corrected chi connectivity index (χ3v) is 5.08. The summed E-state index contributed by atoms with van der Waals surface area (Å²) in [6, 6.07) is 22.8. The van der Waals surface area contributed by atoms with E-state index in [2.05, 4.69) is 25.5 Å². The number of rotatable bonds is 2. The summed E-state index contributed by atoms with van der Waals surface area (Å²) in [6.07, 6.45) is 0. The number of hydrogen-bond acceptors (Lipinski definition) is 5. The first-order valence-corrected chi connectivity index (χ1v) is 9.20. The molecular weight excluding hydrogens is 364 g/mol. The lowest BCUT2D eigenvalue weighted by molar-refractivity contribution is 1.07. The molecule has 0 aliphatic carbocycles. The zero-order valence-electron chi connectivity index (χ0n) is 15.1. The zero-order chi connectivity index (χ0) is 19.4. The number of anilines is 2. The van der Waals surface area contributed by atoms with Crippen molar-refractivity contribution in [3.8, 4) is 0 Å². The summed E-state index contributed by atoms with van der Waals surface area (Å²) >= 11 is 0. The van der Waals surface area contributed by atoms with Crippen LogP contribution in [0, 0.1) is 0 Å². The molecule has 0 saturated heterocycles. The van der Waals surface area contributed by atoms with E-state index >= 15 is 0 Å². The largest absolute Gasteiger partial charge is 0.322 e. The Morgan fingerprint density at radius 2 is 1.48 bits per heavy atom. The molecule has 0 aliphatic heterocycles. The molecule has 6 aromatic rings. The van der Waals surface area contributed by atoms with Gasteiger partial charge in [0.15, 0.2) is 5.82 Å². The first-order chi connectivity index (χ1) is 14.3. The van der Waals surface area contributed by atoms with Crippen molar-refractivity contribution in [2.45, 2.75) is 0 Å². The molecule has 0 spiro atoms. The predicted molar refractivity (Wildman–Crippen MR) is 114 cm³/mol. The van der Waals surface area contributed by atoms with Crippen LogP contribution in [0.1, 0.15) is 0 Å². The molecule has 0 amide bonds. The van der Waals surface area contributed by atoms with Gasteiger partial charge in [0.1, 0.15) is 5.82 Å². The maximum Gasteiger partial charge on any atom is 0.267 e. The molecule has 6 rings (SSSR count). The second-order valence-electron chi connectivity index (χ2n) is 6.79. The Hall–Kier alpha value is -4.26. The van der Waals surface area contributed by atoms with E-state index in [1.54, 1.807) is 10.5 Å². The van der Waals surface area contributed by atoms with Crippen LogP contribution in [-0.4, -0.2) is 24.6 Å². The molecule has 138 valence electrons. The molecule has 7 heteroatoms. The first-order valence-electron chi connectivity index (χ1n) is 9.20. The average molecular weight is 378 g/mol. The van der Waals surface area contributed by atoms with E-state index < -0.39 is 0 Å². The van der Waals surface area contributed by atoms with Crippen LogP contribution in [0.15, 0.2) is 77.6 Å². The Labute approximate surface area is 163 Å². The highest BCUT2D eigenvalue weighted by atomic mass is 16.1. The van der Waals surface area contributed by atoms with Gasteiger partial charge < -0.3 is 5.32 Å². The summed E-state index contributed by atoms with van der Waals surface area (Å²) in [7, 11) is 0. The Morgan fingerprint density at radius 1 is 0.759 bits per heavy atom. The molecule has 0 fully saturated rings. The van der Waals surface area contributed by atoms with E-state index in [-0.39, 0.29) is 5.56 Å². The van der Waals surface area contributed by atoms with Gasteiger partial charge in [-0.05, 0) is 36.4 Å². The van der Waals surface area contributed by atoms with E-state index in [0.29, 0.717) is 28.3 Å². The Morgan fingerprint density at radius 3 is 2.38 bits per heavy atom. The Bertz CT molecular complexity index is 1610. The van der Waals surface area contributed by atoms with E-state index in [9.17, 15) is 4.79 Å². The van der Waals surface area contributed by atoms with E-state index in [1.807, 2.05) is 66.7 Å². The van der Waals surface area contributed by atoms with Crippen LogP contribution in [0.25, 0.3) is 38.5 Å². The lowest BCUT2D eigenvalue weighted by Crippen LogP contribution is -2.18. The number of nitrogens with zero attached hydrogens (tertiary/aromatic N) is 4. The highest BCUT2D eigenvalue weighted by molar-refractivity contribution is 5.97. The van der Waals surface area contributed by atoms with Crippen LogP contribution in [0.5, 0.6) is 0 Å². The predicted octanol–water partition coefficient (Wildman–Crippen LogP) is 4.02. The van der Waals surface area contributed by atoms with Crippen LogP contribution in [0.3, 0.4) is 0 Å². The van der Waals surface area contributed by atoms with Gasteiger partial charge in [0.05, 0.1) is 21.9 Å². The summed E-state index contributed by atoms with van der Waals surface area (Å²) in [6.45, 7) is 0. The number of H-pyrrole nitrogens is 1. The third-order valence-electron chi connectivity index (χ3n) is 5.08. The fourth-order valence-corrected chi connectivity index (χ4v) is 3.71. The maximum atomic E-state index is 13.2. The third kappa shape index (κ3) is 2.31. The smallest absolute Gasteiger partial charge is 0.267 e. The second kappa shape index (κ2) is 5.87. The molecule has 0 bridgehead atoms. The molecule has 2 N–H and O–H groups in total. The highest BCUT2D eigenvalue weighted by Crippen LogP contribution is 2.28. The van der Waals surface area contributed by atoms with Crippen LogP contribution < -0.4 is 10.9 Å². The molecule has 0 saturated carbocycles. The summed E-state index contributed by atoms with van der Waals surface area (Å²) in [5, 5.41) is 13.1. The minimum atomic E-state index is -0.133. The maximum absolute atomic E-state index is 13.2. The molecule has 0 unspecified atom stereocenters. The molecule has 29 heavy (non-hydrogen) atoms. The lowest BCUT2D eigenvalue weighted by Gasteiger charge is -2.11. The fraction of sp³-hybridized carbons (Fsp3) is 0. The van der Waals surface area contributed by atoms with Gasteiger partial charge in [-0.25, -0.2) is 9.38 Å². The van der Waals surface area contributed by atoms with Crippen LogP contribution in [0.4, 0.5) is 11.6 Å². The number of hydrogen-bond donors (Lipinski definition) is 2. The van der Waals surface area contributed by atoms with Gasteiger partial charge in [0.2, 0.25) is 5.78 Å². The zero-order valence-corrected chi connectivity index (χ0v) is 15.1. The van der Waals surface area contributed by atoms with Gasteiger partial charge in [0, 0.05) is 10.8 Å². The number of nitrogens with one attached hydrogen (secondary N) is 2. The van der Waals surface area contributed by atoms with Gasteiger partial charge in [-0.1, -0.05) is 36.4 Å². The highest BCUT2D eigenvalue weighted by Gasteiger charge is 2.14. The number of aromatic nitrogens is 5. The molecule has 3 aromatic heterocycles. The molecule has 3 aromatic carbocycles. The van der Waals surface area contributed by atoms with Crippen molar-refractivity contribution in [2.75, 3.05) is 5.32 Å². The molecule has 0 atom stereocenters. The number of benzene rings is 3. The summed E-state index contributed by atoms with van der Waals surface area (Å²) in [5.41, 5.74) is 2.16. The van der Waals surface area contributed by atoms with Gasteiger partial charge in [0.25, 0.3) is 5.56 Å². The Kier molecular flexibility index (Phi) is 3.19. The molecule has 0 aliphatic rings. The van der Waals surface area contributed by atoms with E-state index in [4.69, 9.17) is 0 Å². The minimum absolute atomic E-state index is 0.133. The van der Waals surface area contributed by atoms with Crippen molar-refractivity contribution in [1.82, 2.24) is 24.6 Å². The summed E-state index contributed by atoms with van der Waals surface area (Å²) in [4.78, 5) is 22.5. The second-order valence-corrected chi connectivity index (χ2v) is 6.79. The van der Waals surface area contributed by atoms with Crippen LogP contribution >= 0.6 is 0 Å². The molecule has 7 nitrogen and oxygen atoms in total. The number of para-hydroxylation sites is 3. The van der Waals surface area contributed by atoms with Gasteiger partial charge in [-0.3, -0.25) is 9.89 Å². The van der Waals surface area contributed by atoms with Gasteiger partial charge in [-0.2, -0.15) is 10.1 Å². The van der Waals surface area contributed by atoms with Crippen molar-refractivity contribution in [1.29, 1.82) is 0 Å². The lowest BCUT2D eigenvalue weighted by atomic mass is 10.2. The normalized spacial score (nSPS) is 11.6. The van der Waals surface area contributed by atoms with Gasteiger partial charge >= 0.3 is 0 Å². The van der Waals surface area contributed by atoms with Crippen LogP contribution in [0.2, 0.25) is 0 Å². The SMILES string of the molecule is O=c1c2ccccc2nc2nc(Nc3n[nH]c4ccccc34)c3ccccc3n12. The number of aromatic amines is 1. The molecule has 0 radical (unpaired) electrons. The first kappa shape index (κ1) is 15.8. The van der Waals surface area contributed by atoms with E-state index in [1.165, 1.54) is 0 Å². The monoisotopic (exact) mass is 378 g/mol. The topological polar surface area (TPSA) is 88.0 Å². The van der Waals surface area contributed by atoms with Crippen molar-refractivity contribution >= 4 is 50.1 Å². The van der Waals surface area contributed by atoms with E-state index in [0.717, 1.165) is 21.8 Å². The molecule has 3 heterocycles. The quantitative estimate of drug-likeness (QED) is 0.351. The minimum Gasteiger partial charge on any atom is -0.322 e. The summed E-state index contributed by atoms with van der Waals surface area (Å²) in [5.74, 6) is 1.61.